The first-order valence-corrected chi connectivity index (χ1v) is 9.84. The van der Waals surface area contributed by atoms with Gasteiger partial charge in [0.25, 0.3) is 0 Å². The summed E-state index contributed by atoms with van der Waals surface area (Å²) in [6.07, 6.45) is 1.20. The van der Waals surface area contributed by atoms with Crippen molar-refractivity contribution in [3.05, 3.63) is 58.2 Å². The molecule has 0 amide bonds. The number of aryl methyl sites for hydroxylation is 1. The first-order chi connectivity index (χ1) is 15.2. The maximum Gasteiger partial charge on any atom is 0.194 e. The Morgan fingerprint density at radius 3 is 2.16 bits per heavy atom. The number of aromatic hydroxyl groups is 2. The number of benzene rings is 3. The number of phenolic OH excluding ortho intramolecular Hbond substituents is 2. The van der Waals surface area contributed by atoms with Gasteiger partial charge in [-0.25, -0.2) is 0 Å². The van der Waals surface area contributed by atoms with E-state index in [0.29, 0.717) is 22.4 Å². The highest BCUT2D eigenvalue weighted by atomic mass is 16.5. The lowest BCUT2D eigenvalue weighted by atomic mass is 9.82. The Kier molecular flexibility index (Phi) is 5.05. The zero-order valence-corrected chi connectivity index (χ0v) is 18.3. The molecule has 0 fully saturated rings. The number of ketones is 2. The SMILES string of the molecule is COc1cc(C)cc2c1C(=O)C=C(c1c(C)c(OC)c3ccc(O)c(OC)c3c1O)C2=O. The average molecular weight is 434 g/mol. The van der Waals surface area contributed by atoms with Crippen LogP contribution in [0.1, 0.15) is 37.4 Å². The summed E-state index contributed by atoms with van der Waals surface area (Å²) in [5, 5.41) is 22.2. The molecule has 0 heterocycles. The third-order valence-electron chi connectivity index (χ3n) is 5.73. The summed E-state index contributed by atoms with van der Waals surface area (Å²) in [5.74, 6) is -0.572. The summed E-state index contributed by atoms with van der Waals surface area (Å²) in [5.41, 5.74) is 1.78. The molecule has 1 aliphatic carbocycles. The molecule has 0 saturated heterocycles. The van der Waals surface area contributed by atoms with E-state index in [-0.39, 0.29) is 44.9 Å². The average Bonchev–Trinajstić information content (AvgIpc) is 2.76. The summed E-state index contributed by atoms with van der Waals surface area (Å²) in [6.45, 7) is 3.49. The summed E-state index contributed by atoms with van der Waals surface area (Å²) >= 11 is 0. The summed E-state index contributed by atoms with van der Waals surface area (Å²) in [6, 6.07) is 6.34. The van der Waals surface area contributed by atoms with E-state index in [1.165, 1.54) is 33.5 Å². The second kappa shape index (κ2) is 7.60. The normalized spacial score (nSPS) is 13.1. The molecule has 2 N–H and O–H groups in total. The van der Waals surface area contributed by atoms with Gasteiger partial charge in [-0.2, -0.15) is 0 Å². The summed E-state index contributed by atoms with van der Waals surface area (Å²) < 4.78 is 16.2. The fourth-order valence-corrected chi connectivity index (χ4v) is 4.36. The Labute approximate surface area is 184 Å². The van der Waals surface area contributed by atoms with Gasteiger partial charge in [0.05, 0.1) is 32.3 Å². The number of phenols is 2. The molecule has 3 aromatic carbocycles. The molecule has 7 nitrogen and oxygen atoms in total. The molecular weight excluding hydrogens is 412 g/mol. The van der Waals surface area contributed by atoms with Crippen molar-refractivity contribution < 1.29 is 34.0 Å². The van der Waals surface area contributed by atoms with Crippen molar-refractivity contribution in [3.63, 3.8) is 0 Å². The molecule has 0 unspecified atom stereocenters. The van der Waals surface area contributed by atoms with Crippen molar-refractivity contribution in [2.45, 2.75) is 13.8 Å². The molecule has 7 heteroatoms. The summed E-state index contributed by atoms with van der Waals surface area (Å²) in [7, 11) is 4.27. The van der Waals surface area contributed by atoms with Crippen LogP contribution in [0, 0.1) is 13.8 Å². The Hall–Kier alpha value is -4.00. The first-order valence-electron chi connectivity index (χ1n) is 9.84. The van der Waals surface area contributed by atoms with E-state index in [1.54, 1.807) is 32.0 Å². The molecule has 0 aromatic heterocycles. The molecule has 164 valence electrons. The third-order valence-corrected chi connectivity index (χ3v) is 5.73. The Balaban J connectivity index is 2.08. The van der Waals surface area contributed by atoms with Gasteiger partial charge in [-0.1, -0.05) is 0 Å². The van der Waals surface area contributed by atoms with Crippen molar-refractivity contribution in [3.8, 4) is 28.7 Å². The zero-order chi connectivity index (χ0) is 23.3. The number of Topliss-reactive ketones (excluding diaryl/α,β-unsaturated/α-hetero) is 1. The maximum absolute atomic E-state index is 13.5. The standard InChI is InChI=1S/C25H22O7/c1-11-8-14-20(18(9-11)30-3)17(27)10-15(22(14)28)19-12(2)24(31-4)13-6-7-16(26)25(32-5)21(13)23(19)29/h6-10,26,29H,1-5H3. The first kappa shape index (κ1) is 21.2. The van der Waals surface area contributed by atoms with Gasteiger partial charge in [0, 0.05) is 27.6 Å². The van der Waals surface area contributed by atoms with E-state index in [1.807, 2.05) is 0 Å². The minimum Gasteiger partial charge on any atom is -0.506 e. The van der Waals surface area contributed by atoms with E-state index in [0.717, 1.165) is 5.56 Å². The van der Waals surface area contributed by atoms with Gasteiger partial charge in [-0.15, -0.1) is 0 Å². The summed E-state index contributed by atoms with van der Waals surface area (Å²) in [4.78, 5) is 26.6. The molecule has 0 radical (unpaired) electrons. The largest absolute Gasteiger partial charge is 0.506 e. The number of carbonyl (C=O) groups is 2. The zero-order valence-electron chi connectivity index (χ0n) is 18.3. The van der Waals surface area contributed by atoms with Crippen LogP contribution in [0.5, 0.6) is 28.7 Å². The van der Waals surface area contributed by atoms with Gasteiger partial charge in [0.15, 0.2) is 23.1 Å². The van der Waals surface area contributed by atoms with Crippen LogP contribution in [0.15, 0.2) is 30.3 Å². The number of hydrogen-bond donors (Lipinski definition) is 2. The van der Waals surface area contributed by atoms with Crippen LogP contribution in [-0.4, -0.2) is 43.1 Å². The van der Waals surface area contributed by atoms with E-state index < -0.39 is 11.6 Å². The molecule has 0 spiro atoms. The minimum absolute atomic E-state index is 0.0238. The van der Waals surface area contributed by atoms with Crippen LogP contribution in [0.4, 0.5) is 0 Å². The van der Waals surface area contributed by atoms with Crippen LogP contribution >= 0.6 is 0 Å². The highest BCUT2D eigenvalue weighted by Crippen LogP contribution is 2.50. The van der Waals surface area contributed by atoms with Crippen LogP contribution in [0.3, 0.4) is 0 Å². The lowest BCUT2D eigenvalue weighted by Gasteiger charge is -2.23. The molecule has 1 aliphatic rings. The molecule has 0 bridgehead atoms. The fraction of sp³-hybridized carbons (Fsp3) is 0.200. The second-order valence-electron chi connectivity index (χ2n) is 7.56. The van der Waals surface area contributed by atoms with Gasteiger partial charge < -0.3 is 24.4 Å². The van der Waals surface area contributed by atoms with Crippen molar-refractivity contribution in [1.82, 2.24) is 0 Å². The van der Waals surface area contributed by atoms with Crippen LogP contribution < -0.4 is 14.2 Å². The Morgan fingerprint density at radius 1 is 0.844 bits per heavy atom. The molecule has 0 atom stereocenters. The fourth-order valence-electron chi connectivity index (χ4n) is 4.36. The molecular formula is C25H22O7. The number of methoxy groups -OCH3 is 3. The monoisotopic (exact) mass is 434 g/mol. The molecule has 3 aromatic rings. The van der Waals surface area contributed by atoms with E-state index in [9.17, 15) is 19.8 Å². The van der Waals surface area contributed by atoms with E-state index in [4.69, 9.17) is 14.2 Å². The van der Waals surface area contributed by atoms with Crippen LogP contribution in [-0.2, 0) is 0 Å². The van der Waals surface area contributed by atoms with Crippen LogP contribution in [0.2, 0.25) is 0 Å². The highest BCUT2D eigenvalue weighted by molar-refractivity contribution is 6.40. The van der Waals surface area contributed by atoms with E-state index >= 15 is 0 Å². The van der Waals surface area contributed by atoms with E-state index in [2.05, 4.69) is 0 Å². The Morgan fingerprint density at radius 2 is 1.53 bits per heavy atom. The Bertz CT molecular complexity index is 1350. The number of hydrogen-bond acceptors (Lipinski definition) is 7. The van der Waals surface area contributed by atoms with Crippen molar-refractivity contribution >= 4 is 27.9 Å². The number of rotatable bonds is 4. The molecule has 0 aliphatic heterocycles. The number of allylic oxidation sites excluding steroid dienone is 2. The molecule has 0 saturated carbocycles. The number of fused-ring (bicyclic) bond motifs is 2. The van der Waals surface area contributed by atoms with Gasteiger partial charge >= 0.3 is 0 Å². The highest BCUT2D eigenvalue weighted by Gasteiger charge is 2.33. The number of ether oxygens (including phenoxy) is 3. The third kappa shape index (κ3) is 2.89. The van der Waals surface area contributed by atoms with Crippen LogP contribution in [0.25, 0.3) is 16.3 Å². The van der Waals surface area contributed by atoms with Gasteiger partial charge in [-0.3, -0.25) is 9.59 Å². The lowest BCUT2D eigenvalue weighted by Crippen LogP contribution is -2.18. The quantitative estimate of drug-likeness (QED) is 0.629. The van der Waals surface area contributed by atoms with Crippen molar-refractivity contribution in [1.29, 1.82) is 0 Å². The molecule has 4 rings (SSSR count). The maximum atomic E-state index is 13.5. The number of carbonyl (C=O) groups excluding carboxylic acids is 2. The second-order valence-corrected chi connectivity index (χ2v) is 7.56. The van der Waals surface area contributed by atoms with Gasteiger partial charge in [0.2, 0.25) is 0 Å². The molecule has 32 heavy (non-hydrogen) atoms. The topological polar surface area (TPSA) is 102 Å². The lowest BCUT2D eigenvalue weighted by molar-refractivity contribution is 0.0998. The van der Waals surface area contributed by atoms with Crippen molar-refractivity contribution in [2.75, 3.05) is 21.3 Å². The van der Waals surface area contributed by atoms with Gasteiger partial charge in [-0.05, 0) is 49.8 Å². The predicted molar refractivity (Wildman–Crippen MR) is 119 cm³/mol. The van der Waals surface area contributed by atoms with Crippen molar-refractivity contribution in [2.24, 2.45) is 0 Å². The minimum atomic E-state index is -0.430. The smallest absolute Gasteiger partial charge is 0.194 e. The van der Waals surface area contributed by atoms with Gasteiger partial charge in [0.1, 0.15) is 17.2 Å². The predicted octanol–water partition coefficient (Wildman–Crippen LogP) is 4.36.